The second kappa shape index (κ2) is 8.90. The van der Waals surface area contributed by atoms with Crippen LogP contribution in [0.5, 0.6) is 0 Å². The highest BCUT2D eigenvalue weighted by Gasteiger charge is 2.28. The Morgan fingerprint density at radius 2 is 2.04 bits per heavy atom. The summed E-state index contributed by atoms with van der Waals surface area (Å²) in [7, 11) is 0. The fourth-order valence-corrected chi connectivity index (χ4v) is 3.13. The standard InChI is InChI=1S/C19H20N6O3/c1-2-28-19(26)14-7-9-25(10-8-14)18-16(24-27)17(21-12-22-18)23-15-5-3-13(11-20)4-6-15/h3-6,12,14H,2,7-10H2,1H3,(H,21,22,23). The summed E-state index contributed by atoms with van der Waals surface area (Å²) in [6.07, 6.45) is 2.62. The number of hydrogen-bond donors (Lipinski definition) is 1. The third kappa shape index (κ3) is 4.23. The van der Waals surface area contributed by atoms with Gasteiger partial charge in [0.05, 0.1) is 24.2 Å². The number of rotatable bonds is 6. The molecule has 1 aromatic heterocycles. The van der Waals surface area contributed by atoms with Gasteiger partial charge in [0.25, 0.3) is 0 Å². The third-order valence-corrected chi connectivity index (χ3v) is 4.59. The number of aromatic nitrogens is 2. The van der Waals surface area contributed by atoms with Crippen molar-refractivity contribution in [2.75, 3.05) is 29.9 Å². The quantitative estimate of drug-likeness (QED) is 0.599. The lowest BCUT2D eigenvalue weighted by molar-refractivity contribution is -0.148. The van der Waals surface area contributed by atoms with Gasteiger partial charge in [-0.25, -0.2) is 9.97 Å². The van der Waals surface area contributed by atoms with Gasteiger partial charge in [-0.05, 0) is 49.2 Å². The van der Waals surface area contributed by atoms with Crippen LogP contribution in [-0.2, 0) is 9.53 Å². The first-order chi connectivity index (χ1) is 13.7. The van der Waals surface area contributed by atoms with E-state index in [-0.39, 0.29) is 23.4 Å². The van der Waals surface area contributed by atoms with Gasteiger partial charge in [0, 0.05) is 18.8 Å². The number of carbonyl (C=O) groups is 1. The van der Waals surface area contributed by atoms with Gasteiger partial charge in [0.15, 0.2) is 17.3 Å². The first-order valence-corrected chi connectivity index (χ1v) is 9.03. The van der Waals surface area contributed by atoms with Crippen LogP contribution < -0.4 is 10.2 Å². The van der Waals surface area contributed by atoms with Gasteiger partial charge in [-0.15, -0.1) is 4.91 Å². The van der Waals surface area contributed by atoms with E-state index >= 15 is 0 Å². The molecule has 3 rings (SSSR count). The van der Waals surface area contributed by atoms with Crippen molar-refractivity contribution >= 4 is 29.0 Å². The summed E-state index contributed by atoms with van der Waals surface area (Å²) in [4.78, 5) is 33.7. The SMILES string of the molecule is CCOC(=O)C1CCN(c2ncnc(Nc3ccc(C#N)cc3)c2N=O)CC1. The number of nitrogens with zero attached hydrogens (tertiary/aromatic N) is 5. The average molecular weight is 380 g/mol. The van der Waals surface area contributed by atoms with Gasteiger partial charge in [0.2, 0.25) is 0 Å². The monoisotopic (exact) mass is 380 g/mol. The molecule has 0 spiro atoms. The first kappa shape index (κ1) is 19.2. The molecule has 0 atom stereocenters. The number of nitrogens with one attached hydrogen (secondary N) is 1. The van der Waals surface area contributed by atoms with Crippen LogP contribution in [0.3, 0.4) is 0 Å². The van der Waals surface area contributed by atoms with Gasteiger partial charge in [-0.2, -0.15) is 5.26 Å². The second-order valence-electron chi connectivity index (χ2n) is 6.31. The van der Waals surface area contributed by atoms with Gasteiger partial charge < -0.3 is 15.0 Å². The molecule has 1 saturated heterocycles. The highest BCUT2D eigenvalue weighted by atomic mass is 16.5. The molecule has 0 aliphatic carbocycles. The van der Waals surface area contributed by atoms with Crippen LogP contribution in [0, 0.1) is 22.2 Å². The maximum absolute atomic E-state index is 11.9. The molecule has 1 N–H and O–H groups in total. The predicted molar refractivity (Wildman–Crippen MR) is 103 cm³/mol. The maximum atomic E-state index is 11.9. The zero-order valence-corrected chi connectivity index (χ0v) is 15.5. The summed E-state index contributed by atoms with van der Waals surface area (Å²) in [5, 5.41) is 15.1. The number of nitriles is 1. The molecule has 0 bridgehead atoms. The number of ether oxygens (including phenoxy) is 1. The zero-order chi connectivity index (χ0) is 19.9. The molecule has 9 heteroatoms. The minimum absolute atomic E-state index is 0.112. The number of esters is 1. The number of anilines is 3. The van der Waals surface area contributed by atoms with Crippen molar-refractivity contribution in [2.24, 2.45) is 11.1 Å². The van der Waals surface area contributed by atoms with Crippen molar-refractivity contribution in [3.8, 4) is 6.07 Å². The topological polar surface area (TPSA) is 121 Å². The van der Waals surface area contributed by atoms with E-state index in [1.165, 1.54) is 6.33 Å². The average Bonchev–Trinajstić information content (AvgIpc) is 2.74. The van der Waals surface area contributed by atoms with Gasteiger partial charge >= 0.3 is 5.97 Å². The molecule has 2 aromatic rings. The molecule has 144 valence electrons. The Hall–Kier alpha value is -3.54. The molecular formula is C19H20N6O3. The molecule has 1 aromatic carbocycles. The molecule has 9 nitrogen and oxygen atoms in total. The fourth-order valence-electron chi connectivity index (χ4n) is 3.13. The van der Waals surface area contributed by atoms with Crippen LogP contribution in [0.25, 0.3) is 0 Å². The van der Waals surface area contributed by atoms with Crippen molar-refractivity contribution < 1.29 is 9.53 Å². The number of carbonyl (C=O) groups excluding carboxylic acids is 1. The molecule has 1 fully saturated rings. The van der Waals surface area contributed by atoms with E-state index in [0.29, 0.717) is 49.6 Å². The molecule has 2 heterocycles. The van der Waals surface area contributed by atoms with Gasteiger partial charge in [-0.3, -0.25) is 4.79 Å². The van der Waals surface area contributed by atoms with Crippen molar-refractivity contribution in [3.05, 3.63) is 41.1 Å². The normalized spacial score (nSPS) is 14.2. The van der Waals surface area contributed by atoms with Gasteiger partial charge in [-0.1, -0.05) is 0 Å². The Labute approximate surface area is 162 Å². The minimum atomic E-state index is -0.179. The maximum Gasteiger partial charge on any atom is 0.309 e. The van der Waals surface area contributed by atoms with Crippen LogP contribution >= 0.6 is 0 Å². The smallest absolute Gasteiger partial charge is 0.309 e. The lowest BCUT2D eigenvalue weighted by atomic mass is 9.97. The fraction of sp³-hybridized carbons (Fsp3) is 0.368. The number of hydrogen-bond acceptors (Lipinski definition) is 9. The van der Waals surface area contributed by atoms with E-state index in [4.69, 9.17) is 10.00 Å². The van der Waals surface area contributed by atoms with Crippen molar-refractivity contribution in [2.45, 2.75) is 19.8 Å². The summed E-state index contributed by atoms with van der Waals surface area (Å²) >= 11 is 0. The van der Waals surface area contributed by atoms with Crippen LogP contribution in [0.15, 0.2) is 35.8 Å². The van der Waals surface area contributed by atoms with Crippen LogP contribution in [0.4, 0.5) is 23.0 Å². The van der Waals surface area contributed by atoms with Crippen LogP contribution in [-0.4, -0.2) is 35.6 Å². The Bertz CT molecular complexity index is 886. The lowest BCUT2D eigenvalue weighted by Gasteiger charge is -2.32. The lowest BCUT2D eigenvalue weighted by Crippen LogP contribution is -2.37. The molecule has 0 unspecified atom stereocenters. The molecule has 1 aliphatic heterocycles. The second-order valence-corrected chi connectivity index (χ2v) is 6.31. The number of nitroso groups, excluding NO2 is 1. The van der Waals surface area contributed by atoms with E-state index in [1.807, 2.05) is 4.90 Å². The Balaban J connectivity index is 1.76. The van der Waals surface area contributed by atoms with Crippen LogP contribution in [0.2, 0.25) is 0 Å². The number of piperidine rings is 1. The number of benzene rings is 1. The van der Waals surface area contributed by atoms with E-state index in [9.17, 15) is 9.70 Å². The molecule has 0 radical (unpaired) electrons. The van der Waals surface area contributed by atoms with Crippen molar-refractivity contribution in [1.29, 1.82) is 5.26 Å². The van der Waals surface area contributed by atoms with Crippen LogP contribution in [0.1, 0.15) is 25.3 Å². The third-order valence-electron chi connectivity index (χ3n) is 4.59. The van der Waals surface area contributed by atoms with Crippen molar-refractivity contribution in [3.63, 3.8) is 0 Å². The van der Waals surface area contributed by atoms with E-state index in [1.54, 1.807) is 31.2 Å². The van der Waals surface area contributed by atoms with Crippen molar-refractivity contribution in [1.82, 2.24) is 9.97 Å². The van der Waals surface area contributed by atoms with Gasteiger partial charge in [0.1, 0.15) is 6.33 Å². The van der Waals surface area contributed by atoms with E-state index < -0.39 is 0 Å². The highest BCUT2D eigenvalue weighted by molar-refractivity contribution is 5.78. The summed E-state index contributed by atoms with van der Waals surface area (Å²) in [5.74, 6) is 0.407. The Kier molecular flexibility index (Phi) is 6.11. The van der Waals surface area contributed by atoms with E-state index in [0.717, 1.165) is 0 Å². The molecule has 0 saturated carbocycles. The molecular weight excluding hydrogens is 360 g/mol. The first-order valence-electron chi connectivity index (χ1n) is 9.03. The minimum Gasteiger partial charge on any atom is -0.466 e. The Morgan fingerprint density at radius 3 is 2.64 bits per heavy atom. The Morgan fingerprint density at radius 1 is 1.32 bits per heavy atom. The predicted octanol–water partition coefficient (Wildman–Crippen LogP) is 3.27. The zero-order valence-electron chi connectivity index (χ0n) is 15.5. The molecule has 0 amide bonds. The summed E-state index contributed by atoms with van der Waals surface area (Å²) in [6, 6.07) is 8.83. The summed E-state index contributed by atoms with van der Waals surface area (Å²) in [5.41, 5.74) is 1.32. The largest absolute Gasteiger partial charge is 0.466 e. The summed E-state index contributed by atoms with van der Waals surface area (Å²) < 4.78 is 5.09. The summed E-state index contributed by atoms with van der Waals surface area (Å²) in [6.45, 7) is 3.30. The highest BCUT2D eigenvalue weighted by Crippen LogP contribution is 2.36. The molecule has 1 aliphatic rings. The van der Waals surface area contributed by atoms with E-state index in [2.05, 4.69) is 26.5 Å². The molecule has 28 heavy (non-hydrogen) atoms.